The standard InChI is InChI=1S/C22H25N2P.CH4/c1-24(2)18-17-23-21-15-9-10-16-22(21)25(19-11-5-3-6-12-19)20-13-7-4-8-14-20;/h3-16,23H,17-18H2,1-2H3;1H4. The number of hydrogen-bond acceptors (Lipinski definition) is 2. The molecular formula is C23H29N2P. The predicted octanol–water partition coefficient (Wildman–Crippen LogP) is 4.05. The first-order valence-corrected chi connectivity index (χ1v) is 9.98. The minimum Gasteiger partial charge on any atom is -0.383 e. The SMILES string of the molecule is C.CN(C)CCNc1ccccc1P(c1ccccc1)c1ccccc1. The topological polar surface area (TPSA) is 15.3 Å². The van der Waals surface area contributed by atoms with Crippen LogP contribution >= 0.6 is 7.92 Å². The van der Waals surface area contributed by atoms with Crippen LogP contribution in [-0.4, -0.2) is 32.1 Å². The van der Waals surface area contributed by atoms with Gasteiger partial charge in [-0.2, -0.15) is 0 Å². The zero-order valence-electron chi connectivity index (χ0n) is 14.9. The van der Waals surface area contributed by atoms with Crippen molar-refractivity contribution in [3.63, 3.8) is 0 Å². The van der Waals surface area contributed by atoms with Crippen molar-refractivity contribution >= 4 is 29.5 Å². The van der Waals surface area contributed by atoms with E-state index in [2.05, 4.69) is 109 Å². The second kappa shape index (κ2) is 10.1. The highest BCUT2D eigenvalue weighted by molar-refractivity contribution is 7.80. The Kier molecular flexibility index (Phi) is 7.84. The molecule has 1 N–H and O–H groups in total. The Morgan fingerprint density at radius 1 is 0.731 bits per heavy atom. The highest BCUT2D eigenvalue weighted by Crippen LogP contribution is 2.35. The van der Waals surface area contributed by atoms with Gasteiger partial charge in [-0.15, -0.1) is 0 Å². The number of anilines is 1. The number of nitrogens with one attached hydrogen (secondary N) is 1. The Labute approximate surface area is 159 Å². The summed E-state index contributed by atoms with van der Waals surface area (Å²) in [4.78, 5) is 2.20. The number of nitrogens with zero attached hydrogens (tertiary/aromatic N) is 1. The fourth-order valence-electron chi connectivity index (χ4n) is 2.81. The van der Waals surface area contributed by atoms with Gasteiger partial charge in [0.2, 0.25) is 0 Å². The van der Waals surface area contributed by atoms with E-state index in [9.17, 15) is 0 Å². The van der Waals surface area contributed by atoms with E-state index in [1.807, 2.05) is 0 Å². The zero-order valence-corrected chi connectivity index (χ0v) is 15.8. The van der Waals surface area contributed by atoms with E-state index in [4.69, 9.17) is 0 Å². The lowest BCUT2D eigenvalue weighted by Gasteiger charge is -2.23. The van der Waals surface area contributed by atoms with Gasteiger partial charge in [0.05, 0.1) is 0 Å². The Morgan fingerprint density at radius 3 is 1.77 bits per heavy atom. The zero-order chi connectivity index (χ0) is 17.5. The van der Waals surface area contributed by atoms with Gasteiger partial charge < -0.3 is 10.2 Å². The van der Waals surface area contributed by atoms with Gasteiger partial charge in [0, 0.05) is 24.1 Å². The van der Waals surface area contributed by atoms with Crippen LogP contribution in [0.2, 0.25) is 0 Å². The molecule has 0 radical (unpaired) electrons. The van der Waals surface area contributed by atoms with E-state index in [0.29, 0.717) is 0 Å². The number of likely N-dealkylation sites (N-methyl/N-ethyl adjacent to an activating group) is 1. The van der Waals surface area contributed by atoms with E-state index in [1.54, 1.807) is 0 Å². The number of benzene rings is 3. The Morgan fingerprint density at radius 2 is 1.23 bits per heavy atom. The van der Waals surface area contributed by atoms with Crippen molar-refractivity contribution in [2.24, 2.45) is 0 Å². The summed E-state index contributed by atoms with van der Waals surface area (Å²) in [5, 5.41) is 7.78. The monoisotopic (exact) mass is 364 g/mol. The smallest absolute Gasteiger partial charge is 0.0425 e. The van der Waals surface area contributed by atoms with Crippen LogP contribution in [0, 0.1) is 0 Å². The van der Waals surface area contributed by atoms with Crippen molar-refractivity contribution in [2.45, 2.75) is 7.43 Å². The van der Waals surface area contributed by atoms with E-state index in [0.717, 1.165) is 13.1 Å². The molecule has 0 aliphatic carbocycles. The van der Waals surface area contributed by atoms with Crippen molar-refractivity contribution in [1.29, 1.82) is 0 Å². The van der Waals surface area contributed by atoms with E-state index >= 15 is 0 Å². The van der Waals surface area contributed by atoms with Crippen molar-refractivity contribution in [2.75, 3.05) is 32.5 Å². The molecule has 0 saturated carbocycles. The molecule has 0 atom stereocenters. The van der Waals surface area contributed by atoms with Gasteiger partial charge in [-0.25, -0.2) is 0 Å². The largest absolute Gasteiger partial charge is 0.383 e. The third-order valence-corrected chi connectivity index (χ3v) is 6.55. The summed E-state index contributed by atoms with van der Waals surface area (Å²) < 4.78 is 0. The van der Waals surface area contributed by atoms with Crippen molar-refractivity contribution in [3.8, 4) is 0 Å². The van der Waals surface area contributed by atoms with Crippen LogP contribution in [0.15, 0.2) is 84.9 Å². The summed E-state index contributed by atoms with van der Waals surface area (Å²) in [5.41, 5.74) is 1.24. The van der Waals surface area contributed by atoms with Gasteiger partial charge in [-0.3, -0.25) is 0 Å². The van der Waals surface area contributed by atoms with Crippen LogP contribution in [0.1, 0.15) is 7.43 Å². The first kappa shape index (κ1) is 20.2. The molecular weight excluding hydrogens is 335 g/mol. The lowest BCUT2D eigenvalue weighted by atomic mass is 10.3. The molecule has 0 unspecified atom stereocenters. The third kappa shape index (κ3) is 5.17. The molecule has 0 aliphatic heterocycles. The lowest BCUT2D eigenvalue weighted by Crippen LogP contribution is -2.26. The summed E-state index contributed by atoms with van der Waals surface area (Å²) in [6, 6.07) is 30.4. The summed E-state index contributed by atoms with van der Waals surface area (Å²) in [7, 11) is 3.64. The molecule has 0 saturated heterocycles. The first-order chi connectivity index (χ1) is 12.3. The maximum atomic E-state index is 3.64. The third-order valence-electron chi connectivity index (χ3n) is 4.05. The summed E-state index contributed by atoms with van der Waals surface area (Å²) in [5.74, 6) is 0. The molecule has 2 nitrogen and oxygen atoms in total. The molecule has 0 spiro atoms. The summed E-state index contributed by atoms with van der Waals surface area (Å²) in [6.45, 7) is 1.96. The predicted molar refractivity (Wildman–Crippen MR) is 119 cm³/mol. The van der Waals surface area contributed by atoms with Crippen LogP contribution in [-0.2, 0) is 0 Å². The van der Waals surface area contributed by atoms with Gasteiger partial charge in [0.25, 0.3) is 0 Å². The minimum absolute atomic E-state index is 0. The number of para-hydroxylation sites is 1. The molecule has 0 fully saturated rings. The molecule has 3 aromatic rings. The van der Waals surface area contributed by atoms with Crippen molar-refractivity contribution in [1.82, 2.24) is 4.90 Å². The Hall–Kier alpha value is -2.15. The molecule has 136 valence electrons. The van der Waals surface area contributed by atoms with Gasteiger partial charge in [0.15, 0.2) is 0 Å². The van der Waals surface area contributed by atoms with Crippen molar-refractivity contribution in [3.05, 3.63) is 84.9 Å². The highest BCUT2D eigenvalue weighted by Gasteiger charge is 2.18. The summed E-state index contributed by atoms with van der Waals surface area (Å²) >= 11 is 0. The van der Waals surface area contributed by atoms with Gasteiger partial charge in [-0.05, 0) is 38.7 Å². The molecule has 0 heterocycles. The first-order valence-electron chi connectivity index (χ1n) is 8.63. The molecule has 0 aromatic heterocycles. The van der Waals surface area contributed by atoms with Crippen LogP contribution in [0.5, 0.6) is 0 Å². The average molecular weight is 364 g/mol. The van der Waals surface area contributed by atoms with Crippen molar-refractivity contribution < 1.29 is 0 Å². The highest BCUT2D eigenvalue weighted by atomic mass is 31.1. The number of rotatable bonds is 7. The maximum Gasteiger partial charge on any atom is 0.0425 e. The van der Waals surface area contributed by atoms with E-state index < -0.39 is 7.92 Å². The quantitative estimate of drug-likeness (QED) is 0.636. The minimum atomic E-state index is -0.575. The van der Waals surface area contributed by atoms with Gasteiger partial charge >= 0.3 is 0 Å². The lowest BCUT2D eigenvalue weighted by molar-refractivity contribution is 0.425. The fraction of sp³-hybridized carbons (Fsp3) is 0.217. The Balaban J connectivity index is 0.00000243. The molecule has 0 aliphatic rings. The fourth-order valence-corrected chi connectivity index (χ4v) is 5.24. The molecule has 3 aromatic carbocycles. The summed E-state index contributed by atoms with van der Waals surface area (Å²) in [6.07, 6.45) is 0. The molecule has 0 bridgehead atoms. The normalized spacial score (nSPS) is 10.6. The van der Waals surface area contributed by atoms with Crippen LogP contribution < -0.4 is 21.2 Å². The second-order valence-corrected chi connectivity index (χ2v) is 8.44. The van der Waals surface area contributed by atoms with Gasteiger partial charge in [0.1, 0.15) is 0 Å². The molecule has 26 heavy (non-hydrogen) atoms. The van der Waals surface area contributed by atoms with Crippen LogP contribution in [0.4, 0.5) is 5.69 Å². The number of hydrogen-bond donors (Lipinski definition) is 1. The van der Waals surface area contributed by atoms with E-state index in [1.165, 1.54) is 21.6 Å². The molecule has 0 amide bonds. The Bertz CT molecular complexity index is 733. The maximum absolute atomic E-state index is 3.64. The average Bonchev–Trinajstić information content (AvgIpc) is 2.65. The second-order valence-electron chi connectivity index (χ2n) is 6.25. The molecule has 3 heteroatoms. The van der Waals surface area contributed by atoms with E-state index in [-0.39, 0.29) is 7.43 Å². The van der Waals surface area contributed by atoms with Crippen LogP contribution in [0.25, 0.3) is 0 Å². The van der Waals surface area contributed by atoms with Crippen LogP contribution in [0.3, 0.4) is 0 Å². The molecule has 3 rings (SSSR count). The van der Waals surface area contributed by atoms with Gasteiger partial charge in [-0.1, -0.05) is 86.3 Å².